The molecule has 0 radical (unpaired) electrons. The SMILES string of the molecule is C[C@H](C=O)[C@@]1(O)[C@H](O)C[C@H]2[C@@H]3CC=C4C[C@@H](O[Si](c5ccccc5)(c5ccccc5)C(C)(C)C)CC[C@]4(C)[C@H]3CC[C@@]21C. The minimum Gasteiger partial charge on any atom is -0.404 e. The first-order valence-electron chi connectivity index (χ1n) is 16.7. The molecular weight excluding hydrogens is 549 g/mol. The van der Waals surface area contributed by atoms with E-state index >= 15 is 0 Å². The lowest BCUT2D eigenvalue weighted by atomic mass is 9.46. The van der Waals surface area contributed by atoms with Crippen LogP contribution in [0.15, 0.2) is 72.3 Å². The summed E-state index contributed by atoms with van der Waals surface area (Å²) in [6.07, 6.45) is 9.26. The average Bonchev–Trinajstić information content (AvgIpc) is 3.21. The normalized spacial score (nSPS) is 38.3. The third-order valence-corrected chi connectivity index (χ3v) is 18.1. The van der Waals surface area contributed by atoms with Crippen LogP contribution in [0, 0.1) is 34.5 Å². The monoisotopic (exact) mass is 600 g/mol. The van der Waals surface area contributed by atoms with Gasteiger partial charge in [0.05, 0.1) is 6.10 Å². The van der Waals surface area contributed by atoms with E-state index in [2.05, 4.69) is 101 Å². The molecule has 232 valence electrons. The fraction of sp³-hybridized carbons (Fsp3) is 0.605. The molecule has 5 heteroatoms. The second-order valence-electron chi connectivity index (χ2n) is 15.9. The first-order valence-corrected chi connectivity index (χ1v) is 18.6. The molecule has 3 fully saturated rings. The smallest absolute Gasteiger partial charge is 0.261 e. The molecule has 0 amide bonds. The largest absolute Gasteiger partial charge is 0.404 e. The Kier molecular flexibility index (Phi) is 7.76. The van der Waals surface area contributed by atoms with Crippen LogP contribution >= 0.6 is 0 Å². The number of aliphatic hydroxyl groups excluding tert-OH is 1. The van der Waals surface area contributed by atoms with Crippen LogP contribution in [0.25, 0.3) is 0 Å². The van der Waals surface area contributed by atoms with Crippen molar-refractivity contribution in [3.8, 4) is 0 Å². The molecule has 9 atom stereocenters. The number of aliphatic hydroxyl groups is 2. The Morgan fingerprint density at radius 2 is 1.56 bits per heavy atom. The van der Waals surface area contributed by atoms with E-state index in [1.807, 2.05) is 0 Å². The molecule has 4 aliphatic rings. The topological polar surface area (TPSA) is 66.8 Å². The van der Waals surface area contributed by atoms with Crippen molar-refractivity contribution in [1.82, 2.24) is 0 Å². The highest BCUT2D eigenvalue weighted by Crippen LogP contribution is 2.68. The van der Waals surface area contributed by atoms with Crippen LogP contribution in [0.5, 0.6) is 0 Å². The predicted octanol–water partition coefficient (Wildman–Crippen LogP) is 6.43. The zero-order valence-corrected chi connectivity index (χ0v) is 28.1. The fourth-order valence-electron chi connectivity index (χ4n) is 10.6. The van der Waals surface area contributed by atoms with Crippen LogP contribution in [0.4, 0.5) is 0 Å². The molecule has 6 rings (SSSR count). The molecule has 0 heterocycles. The van der Waals surface area contributed by atoms with Crippen molar-refractivity contribution in [3.05, 3.63) is 72.3 Å². The lowest BCUT2D eigenvalue weighted by Gasteiger charge is -2.59. The van der Waals surface area contributed by atoms with E-state index in [-0.39, 0.29) is 22.5 Å². The molecule has 0 aliphatic heterocycles. The number of rotatable bonds is 6. The predicted molar refractivity (Wildman–Crippen MR) is 176 cm³/mol. The van der Waals surface area contributed by atoms with Gasteiger partial charge < -0.3 is 19.4 Å². The van der Waals surface area contributed by atoms with Crippen molar-refractivity contribution in [3.63, 3.8) is 0 Å². The molecule has 0 unspecified atom stereocenters. The van der Waals surface area contributed by atoms with E-state index in [0.29, 0.717) is 18.3 Å². The Balaban J connectivity index is 1.31. The van der Waals surface area contributed by atoms with Crippen molar-refractivity contribution in [2.24, 2.45) is 34.5 Å². The number of carbonyl (C=O) groups excluding carboxylic acids is 1. The Morgan fingerprint density at radius 3 is 2.12 bits per heavy atom. The van der Waals surface area contributed by atoms with Crippen molar-refractivity contribution in [2.75, 3.05) is 0 Å². The molecule has 0 saturated heterocycles. The van der Waals surface area contributed by atoms with Crippen molar-refractivity contribution >= 4 is 25.0 Å². The molecule has 2 aromatic rings. The number of carbonyl (C=O) groups is 1. The Hall–Kier alpha value is -2.05. The van der Waals surface area contributed by atoms with Gasteiger partial charge >= 0.3 is 0 Å². The van der Waals surface area contributed by atoms with E-state index in [9.17, 15) is 15.0 Å². The van der Waals surface area contributed by atoms with Gasteiger partial charge in [-0.05, 0) is 83.5 Å². The molecule has 0 spiro atoms. The first kappa shape index (κ1) is 31.0. The van der Waals surface area contributed by atoms with E-state index in [1.165, 1.54) is 10.4 Å². The van der Waals surface area contributed by atoms with Crippen LogP contribution < -0.4 is 10.4 Å². The van der Waals surface area contributed by atoms with E-state index in [4.69, 9.17) is 4.43 Å². The summed E-state index contributed by atoms with van der Waals surface area (Å²) in [4.78, 5) is 11.9. The van der Waals surface area contributed by atoms with Gasteiger partial charge in [-0.2, -0.15) is 0 Å². The number of hydrogen-bond acceptors (Lipinski definition) is 4. The summed E-state index contributed by atoms with van der Waals surface area (Å²) in [5, 5.41) is 25.7. The highest BCUT2D eigenvalue weighted by Gasteiger charge is 2.68. The summed E-state index contributed by atoms with van der Waals surface area (Å²) in [6.45, 7) is 13.5. The van der Waals surface area contributed by atoms with Gasteiger partial charge in [0.15, 0.2) is 0 Å². The van der Waals surface area contributed by atoms with Crippen LogP contribution in [-0.2, 0) is 9.22 Å². The van der Waals surface area contributed by atoms with Gasteiger partial charge in [0, 0.05) is 17.4 Å². The standard InChI is InChI=1S/C38H52O4Si/c1-26(25-39)38(41)34(40)24-33-31-18-17-27-23-28(19-21-36(27,5)32(31)20-22-37(33,38)6)42-43(35(2,3)4,29-13-9-7-10-14-29)30-15-11-8-12-16-30/h7-17,25-26,28,31-34,40-41H,18-24H2,1-6H3/t26-,28+,31-,32+,33+,34-,36+,37+,38-/m1/s1. The second-order valence-corrected chi connectivity index (χ2v) is 20.1. The molecular formula is C38H52O4Si. The molecule has 43 heavy (non-hydrogen) atoms. The molecule has 0 aromatic heterocycles. The van der Waals surface area contributed by atoms with Crippen molar-refractivity contribution in [2.45, 2.75) is 109 Å². The number of hydrogen-bond donors (Lipinski definition) is 2. The minimum atomic E-state index is -2.63. The summed E-state index contributed by atoms with van der Waals surface area (Å²) >= 11 is 0. The second kappa shape index (κ2) is 10.8. The average molecular weight is 601 g/mol. The van der Waals surface area contributed by atoms with Crippen LogP contribution in [0.3, 0.4) is 0 Å². The summed E-state index contributed by atoms with van der Waals surface area (Å²) < 4.78 is 7.61. The summed E-state index contributed by atoms with van der Waals surface area (Å²) in [5.74, 6) is 0.590. The van der Waals surface area contributed by atoms with Gasteiger partial charge in [0.25, 0.3) is 8.32 Å². The first-order chi connectivity index (χ1) is 20.3. The van der Waals surface area contributed by atoms with Gasteiger partial charge in [-0.1, -0.05) is 114 Å². The van der Waals surface area contributed by atoms with Gasteiger partial charge in [0.1, 0.15) is 11.9 Å². The number of benzene rings is 2. The lowest BCUT2D eigenvalue weighted by Crippen LogP contribution is -2.68. The van der Waals surface area contributed by atoms with E-state index < -0.39 is 31.4 Å². The maximum absolute atomic E-state index is 11.9. The summed E-state index contributed by atoms with van der Waals surface area (Å²) in [7, 11) is -2.63. The molecule has 2 aromatic carbocycles. The highest BCUT2D eigenvalue weighted by atomic mass is 28.4. The Labute approximate surface area is 260 Å². The number of fused-ring (bicyclic) bond motifs is 5. The molecule has 4 nitrogen and oxygen atoms in total. The molecule has 0 bridgehead atoms. The van der Waals surface area contributed by atoms with Crippen molar-refractivity contribution in [1.29, 1.82) is 0 Å². The van der Waals surface area contributed by atoms with E-state index in [0.717, 1.165) is 44.8 Å². The van der Waals surface area contributed by atoms with Gasteiger partial charge in [-0.25, -0.2) is 0 Å². The van der Waals surface area contributed by atoms with Crippen LogP contribution in [-0.4, -0.2) is 42.6 Å². The fourth-order valence-corrected chi connectivity index (χ4v) is 15.4. The maximum atomic E-state index is 11.9. The van der Waals surface area contributed by atoms with Crippen molar-refractivity contribution < 1.29 is 19.4 Å². The zero-order valence-electron chi connectivity index (χ0n) is 27.1. The summed E-state index contributed by atoms with van der Waals surface area (Å²) in [6, 6.07) is 22.0. The van der Waals surface area contributed by atoms with Gasteiger partial charge in [-0.15, -0.1) is 0 Å². The Morgan fingerprint density at radius 1 is 0.953 bits per heavy atom. The Bertz CT molecular complexity index is 1310. The molecule has 3 saturated carbocycles. The quantitative estimate of drug-likeness (QED) is 0.228. The summed E-state index contributed by atoms with van der Waals surface area (Å²) in [5.41, 5.74) is -0.130. The maximum Gasteiger partial charge on any atom is 0.261 e. The third kappa shape index (κ3) is 4.43. The lowest BCUT2D eigenvalue weighted by molar-refractivity contribution is -0.179. The third-order valence-electron chi connectivity index (χ3n) is 13.0. The highest BCUT2D eigenvalue weighted by molar-refractivity contribution is 6.99. The van der Waals surface area contributed by atoms with Crippen LogP contribution in [0.2, 0.25) is 5.04 Å². The number of aldehydes is 1. The van der Waals surface area contributed by atoms with E-state index in [1.54, 1.807) is 12.5 Å². The number of allylic oxidation sites excluding steroid dienone is 1. The zero-order chi connectivity index (χ0) is 30.8. The van der Waals surface area contributed by atoms with Crippen LogP contribution in [0.1, 0.15) is 86.5 Å². The van der Waals surface area contributed by atoms with Gasteiger partial charge in [0.2, 0.25) is 0 Å². The minimum absolute atomic E-state index is 0.0465. The molecule has 2 N–H and O–H groups in total. The van der Waals surface area contributed by atoms with Gasteiger partial charge in [-0.3, -0.25) is 0 Å². The molecule has 4 aliphatic carbocycles.